The van der Waals surface area contributed by atoms with Crippen LogP contribution in [0.25, 0.3) is 0 Å². The molecule has 0 aliphatic carbocycles. The van der Waals surface area contributed by atoms with Crippen LogP contribution in [0, 0.1) is 0 Å². The van der Waals surface area contributed by atoms with Gasteiger partial charge in [-0.2, -0.15) is 0 Å². The second-order valence-corrected chi connectivity index (χ2v) is 13.4. The van der Waals surface area contributed by atoms with E-state index in [1.807, 2.05) is 6.92 Å². The van der Waals surface area contributed by atoms with Gasteiger partial charge in [0.2, 0.25) is 0 Å². The van der Waals surface area contributed by atoms with Crippen molar-refractivity contribution in [1.29, 1.82) is 0 Å². The van der Waals surface area contributed by atoms with E-state index in [-0.39, 0.29) is 12.5 Å². The number of aliphatic hydroxyl groups excluding tert-OH is 9. The molecule has 3 rings (SSSR count). The number of carboxylic acids is 1. The van der Waals surface area contributed by atoms with Crippen LogP contribution in [0.3, 0.4) is 0 Å². The molecule has 0 spiro atoms. The van der Waals surface area contributed by atoms with Crippen molar-refractivity contribution in [2.75, 3.05) is 6.61 Å². The van der Waals surface area contributed by atoms with Crippen molar-refractivity contribution < 1.29 is 84.3 Å². The Bertz CT molecular complexity index is 961. The summed E-state index contributed by atoms with van der Waals surface area (Å²) >= 11 is 0. The number of aliphatic hydroxyl groups is 9. The Morgan fingerprint density at radius 3 is 1.80 bits per heavy atom. The third-order valence-corrected chi connectivity index (χ3v) is 9.41. The molecule has 17 heteroatoms. The van der Waals surface area contributed by atoms with E-state index in [1.165, 1.54) is 6.92 Å². The Kier molecular flexibility index (Phi) is 17.4. The largest absolute Gasteiger partial charge is 0.481 e. The monoisotopic (exact) mass is 714 g/mol. The van der Waals surface area contributed by atoms with Gasteiger partial charge in [0.25, 0.3) is 0 Å². The first kappa shape index (κ1) is 42.3. The average molecular weight is 715 g/mol. The van der Waals surface area contributed by atoms with E-state index in [2.05, 4.69) is 0 Å². The van der Waals surface area contributed by atoms with Crippen LogP contribution in [0.2, 0.25) is 0 Å². The van der Waals surface area contributed by atoms with Gasteiger partial charge in [-0.05, 0) is 33.1 Å². The van der Waals surface area contributed by atoms with Gasteiger partial charge in [0.1, 0.15) is 61.0 Å². The number of aliphatic carboxylic acids is 1. The first-order valence-corrected chi connectivity index (χ1v) is 17.4. The maximum Gasteiger partial charge on any atom is 0.305 e. The van der Waals surface area contributed by atoms with Crippen LogP contribution < -0.4 is 0 Å². The molecule has 0 aromatic carbocycles. The molecule has 3 heterocycles. The molecule has 0 bridgehead atoms. The SMILES string of the molecule is CCC[C@@H](CCCCCCC[C@H](O)CC(=O)O)O[C@@H]1O[C@H](C)[C@@H](O)[C@H](O)[C@H]1O[C@@H]1O[C@H](CO)[C@@H](O)[C@H](O)[C@H]1O[C@@H]1O[C@@H](C)[C@H](O)[C@@H](O)[C@@H]1O. The molecule has 10 N–H and O–H groups in total. The van der Waals surface area contributed by atoms with E-state index in [4.69, 9.17) is 33.5 Å². The van der Waals surface area contributed by atoms with Gasteiger partial charge < -0.3 is 79.5 Å². The molecule has 0 radical (unpaired) electrons. The van der Waals surface area contributed by atoms with Crippen LogP contribution in [0.4, 0.5) is 0 Å². The fourth-order valence-corrected chi connectivity index (χ4v) is 6.38. The smallest absolute Gasteiger partial charge is 0.305 e. The Hall–Kier alpha value is -1.13. The lowest BCUT2D eigenvalue weighted by atomic mass is 9.96. The molecule has 49 heavy (non-hydrogen) atoms. The van der Waals surface area contributed by atoms with E-state index < -0.39 is 111 Å². The van der Waals surface area contributed by atoms with Crippen molar-refractivity contribution in [2.24, 2.45) is 0 Å². The number of unbranched alkanes of at least 4 members (excludes halogenated alkanes) is 4. The number of carboxylic acid groups (broad SMARTS) is 1. The fraction of sp³-hybridized carbons (Fsp3) is 0.969. The van der Waals surface area contributed by atoms with E-state index in [0.717, 1.165) is 32.1 Å². The summed E-state index contributed by atoms with van der Waals surface area (Å²) in [6, 6.07) is 0. The van der Waals surface area contributed by atoms with Gasteiger partial charge in [-0.25, -0.2) is 0 Å². The van der Waals surface area contributed by atoms with Gasteiger partial charge >= 0.3 is 5.97 Å². The molecule has 3 aliphatic rings. The Balaban J connectivity index is 1.69. The number of hydrogen-bond donors (Lipinski definition) is 10. The van der Waals surface area contributed by atoms with Gasteiger partial charge in [-0.3, -0.25) is 4.79 Å². The molecular formula is C32H58O17. The lowest BCUT2D eigenvalue weighted by Gasteiger charge is -2.48. The molecule has 17 nitrogen and oxygen atoms in total. The van der Waals surface area contributed by atoms with Crippen molar-refractivity contribution in [1.82, 2.24) is 0 Å². The summed E-state index contributed by atoms with van der Waals surface area (Å²) < 4.78 is 35.4. The maximum absolute atomic E-state index is 11.2. The summed E-state index contributed by atoms with van der Waals surface area (Å²) in [5.41, 5.74) is 0. The summed E-state index contributed by atoms with van der Waals surface area (Å²) in [5.74, 6) is -1.03. The Morgan fingerprint density at radius 2 is 1.18 bits per heavy atom. The Labute approximate surface area is 286 Å². The van der Waals surface area contributed by atoms with Gasteiger partial charge in [-0.15, -0.1) is 0 Å². The molecule has 0 unspecified atom stereocenters. The molecular weight excluding hydrogens is 656 g/mol. The topological polar surface area (TPSA) is 275 Å². The summed E-state index contributed by atoms with van der Waals surface area (Å²) in [6.07, 6.45) is -17.1. The zero-order chi connectivity index (χ0) is 36.4. The summed E-state index contributed by atoms with van der Waals surface area (Å²) in [7, 11) is 0. The number of hydrogen-bond acceptors (Lipinski definition) is 16. The fourth-order valence-electron chi connectivity index (χ4n) is 6.38. The molecule has 288 valence electrons. The van der Waals surface area contributed by atoms with Crippen LogP contribution in [-0.4, -0.2) is 168 Å². The second kappa shape index (κ2) is 20.2. The van der Waals surface area contributed by atoms with Crippen LogP contribution in [-0.2, 0) is 33.2 Å². The molecule has 3 aliphatic heterocycles. The molecule has 0 aromatic rings. The predicted molar refractivity (Wildman–Crippen MR) is 167 cm³/mol. The van der Waals surface area contributed by atoms with Crippen molar-refractivity contribution >= 4 is 5.97 Å². The standard InChI is InChI=1S/C32H58O17/c1-4-10-18(12-9-7-5-6-8-11-17(34)13-20(35)36)46-31-28(25(41)22(38)16(3)45-31)49-32-29(26(42)23(39)19(14-33)47-32)48-30-27(43)24(40)21(37)15(2)44-30/h15-19,21-34,37-43H,4-14H2,1-3H3,(H,35,36)/t15-,16+,17-,18-,19+,21-,22+,23+,24+,25-,26-,27-,28+,29+,30-,31-,32-/m0/s1. The van der Waals surface area contributed by atoms with Crippen molar-refractivity contribution in [3.63, 3.8) is 0 Å². The highest BCUT2D eigenvalue weighted by Gasteiger charge is 2.53. The van der Waals surface area contributed by atoms with E-state index in [9.17, 15) is 50.8 Å². The van der Waals surface area contributed by atoms with E-state index in [1.54, 1.807) is 6.92 Å². The molecule has 3 saturated heterocycles. The molecule has 0 amide bonds. The normalized spacial score (nSPS) is 41.3. The van der Waals surface area contributed by atoms with Crippen LogP contribution >= 0.6 is 0 Å². The summed E-state index contributed by atoms with van der Waals surface area (Å²) in [4.78, 5) is 10.7. The highest BCUT2D eigenvalue weighted by atomic mass is 16.8. The third-order valence-electron chi connectivity index (χ3n) is 9.41. The first-order chi connectivity index (χ1) is 23.2. The van der Waals surface area contributed by atoms with E-state index >= 15 is 0 Å². The van der Waals surface area contributed by atoms with Gasteiger partial charge in [0.05, 0.1) is 37.4 Å². The molecule has 0 saturated carbocycles. The van der Waals surface area contributed by atoms with Crippen molar-refractivity contribution in [3.8, 4) is 0 Å². The zero-order valence-electron chi connectivity index (χ0n) is 28.4. The minimum absolute atomic E-state index is 0.272. The van der Waals surface area contributed by atoms with Crippen LogP contribution in [0.1, 0.15) is 85.0 Å². The second-order valence-electron chi connectivity index (χ2n) is 13.4. The maximum atomic E-state index is 11.2. The number of carbonyl (C=O) groups is 1. The highest BCUT2D eigenvalue weighted by Crippen LogP contribution is 2.34. The zero-order valence-corrected chi connectivity index (χ0v) is 28.4. The van der Waals surface area contributed by atoms with Gasteiger partial charge in [0, 0.05) is 0 Å². The summed E-state index contributed by atoms with van der Waals surface area (Å²) in [6.45, 7) is 4.22. The molecule has 17 atom stereocenters. The number of rotatable bonds is 19. The van der Waals surface area contributed by atoms with Crippen molar-refractivity contribution in [2.45, 2.75) is 189 Å². The first-order valence-electron chi connectivity index (χ1n) is 17.4. The van der Waals surface area contributed by atoms with E-state index in [0.29, 0.717) is 25.7 Å². The number of ether oxygens (including phenoxy) is 6. The lowest BCUT2D eigenvalue weighted by molar-refractivity contribution is -0.393. The minimum Gasteiger partial charge on any atom is -0.481 e. The highest BCUT2D eigenvalue weighted by molar-refractivity contribution is 5.67. The average Bonchev–Trinajstić information content (AvgIpc) is 3.05. The van der Waals surface area contributed by atoms with Gasteiger partial charge in [-0.1, -0.05) is 45.4 Å². The van der Waals surface area contributed by atoms with Crippen LogP contribution in [0.5, 0.6) is 0 Å². The molecule has 3 fully saturated rings. The van der Waals surface area contributed by atoms with Crippen molar-refractivity contribution in [3.05, 3.63) is 0 Å². The Morgan fingerprint density at radius 1 is 0.653 bits per heavy atom. The quantitative estimate of drug-likeness (QED) is 0.0664. The minimum atomic E-state index is -1.79. The third kappa shape index (κ3) is 11.7. The lowest BCUT2D eigenvalue weighted by Crippen LogP contribution is -2.66. The van der Waals surface area contributed by atoms with Crippen LogP contribution in [0.15, 0.2) is 0 Å². The predicted octanol–water partition coefficient (Wildman–Crippen LogP) is -1.76. The molecule has 0 aromatic heterocycles. The van der Waals surface area contributed by atoms with Gasteiger partial charge in [0.15, 0.2) is 18.9 Å². The summed E-state index contributed by atoms with van der Waals surface area (Å²) in [5, 5.41) is 103.